The van der Waals surface area contributed by atoms with Gasteiger partial charge in [0.25, 0.3) is 5.91 Å². The molecule has 5 nitrogen and oxygen atoms in total. The van der Waals surface area contributed by atoms with E-state index >= 15 is 0 Å². The van der Waals surface area contributed by atoms with E-state index in [2.05, 4.69) is 11.9 Å². The SMILES string of the molecule is C=CCN(Cc1ccc(Cl)s1)C(=O)c1ccc(CNC(=O)OC(C)(C)C)cc1. The van der Waals surface area contributed by atoms with Crippen molar-refractivity contribution < 1.29 is 14.3 Å². The van der Waals surface area contributed by atoms with Gasteiger partial charge >= 0.3 is 6.09 Å². The number of benzene rings is 1. The van der Waals surface area contributed by atoms with Crippen molar-refractivity contribution in [2.75, 3.05) is 6.54 Å². The third-order valence-electron chi connectivity index (χ3n) is 3.65. The second kappa shape index (κ2) is 9.75. The molecule has 2 amide bonds. The molecule has 1 heterocycles. The van der Waals surface area contributed by atoms with Crippen LogP contribution in [-0.2, 0) is 17.8 Å². The molecule has 0 aliphatic heterocycles. The lowest BCUT2D eigenvalue weighted by atomic mass is 10.1. The standard InChI is InChI=1S/C21H25ClN2O3S/c1-5-12-24(14-17-10-11-18(22)28-17)19(25)16-8-6-15(7-9-16)13-23-20(26)27-21(2,3)4/h5-11H,1,12-14H2,2-4H3,(H,23,26). The molecule has 0 radical (unpaired) electrons. The Morgan fingerprint density at radius 2 is 1.89 bits per heavy atom. The Labute approximate surface area is 175 Å². The summed E-state index contributed by atoms with van der Waals surface area (Å²) in [7, 11) is 0. The molecule has 0 saturated heterocycles. The monoisotopic (exact) mass is 420 g/mol. The first-order valence-corrected chi connectivity index (χ1v) is 10.1. The summed E-state index contributed by atoms with van der Waals surface area (Å²) in [6.07, 6.45) is 1.23. The third kappa shape index (κ3) is 7.02. The summed E-state index contributed by atoms with van der Waals surface area (Å²) in [6, 6.07) is 10.9. The number of hydrogen-bond donors (Lipinski definition) is 1. The summed E-state index contributed by atoms with van der Waals surface area (Å²) in [6.45, 7) is 10.4. The van der Waals surface area contributed by atoms with E-state index < -0.39 is 11.7 Å². The van der Waals surface area contributed by atoms with Crippen LogP contribution in [0.4, 0.5) is 4.79 Å². The van der Waals surface area contributed by atoms with Crippen molar-refractivity contribution >= 4 is 34.9 Å². The van der Waals surface area contributed by atoms with Crippen molar-refractivity contribution in [1.82, 2.24) is 10.2 Å². The van der Waals surface area contributed by atoms with Gasteiger partial charge in [-0.15, -0.1) is 17.9 Å². The van der Waals surface area contributed by atoms with Crippen molar-refractivity contribution in [3.63, 3.8) is 0 Å². The summed E-state index contributed by atoms with van der Waals surface area (Å²) in [5.74, 6) is -0.0870. The maximum atomic E-state index is 12.8. The average molecular weight is 421 g/mol. The van der Waals surface area contributed by atoms with Gasteiger partial charge in [-0.05, 0) is 50.6 Å². The van der Waals surface area contributed by atoms with E-state index in [4.69, 9.17) is 16.3 Å². The van der Waals surface area contributed by atoms with Gasteiger partial charge in [-0.2, -0.15) is 0 Å². The fourth-order valence-electron chi connectivity index (χ4n) is 2.44. The topological polar surface area (TPSA) is 58.6 Å². The molecule has 1 N–H and O–H groups in total. The number of nitrogens with one attached hydrogen (secondary N) is 1. The molecule has 2 rings (SSSR count). The molecule has 7 heteroatoms. The molecule has 2 aromatic rings. The Kier molecular flexibility index (Phi) is 7.66. The fraction of sp³-hybridized carbons (Fsp3) is 0.333. The zero-order valence-electron chi connectivity index (χ0n) is 16.3. The van der Waals surface area contributed by atoms with Crippen molar-refractivity contribution in [3.8, 4) is 0 Å². The normalized spacial score (nSPS) is 11.0. The molecule has 1 aromatic carbocycles. The van der Waals surface area contributed by atoms with Crippen molar-refractivity contribution in [1.29, 1.82) is 0 Å². The highest BCUT2D eigenvalue weighted by Crippen LogP contribution is 2.23. The highest BCUT2D eigenvalue weighted by atomic mass is 35.5. The highest BCUT2D eigenvalue weighted by Gasteiger charge is 2.17. The van der Waals surface area contributed by atoms with Crippen LogP contribution in [0.2, 0.25) is 4.34 Å². The van der Waals surface area contributed by atoms with Crippen LogP contribution < -0.4 is 5.32 Å². The maximum absolute atomic E-state index is 12.8. The molecule has 0 unspecified atom stereocenters. The predicted octanol–water partition coefficient (Wildman–Crippen LogP) is 5.25. The number of halogens is 1. The van der Waals surface area contributed by atoms with Gasteiger partial charge < -0.3 is 15.0 Å². The van der Waals surface area contributed by atoms with E-state index in [1.54, 1.807) is 23.1 Å². The molecule has 0 fully saturated rings. The van der Waals surface area contributed by atoms with Gasteiger partial charge in [0, 0.05) is 23.5 Å². The molecule has 0 atom stereocenters. The second-order valence-electron chi connectivity index (χ2n) is 7.23. The number of carbonyl (C=O) groups is 2. The number of nitrogens with zero attached hydrogens (tertiary/aromatic N) is 1. The van der Waals surface area contributed by atoms with E-state index in [-0.39, 0.29) is 5.91 Å². The summed E-state index contributed by atoms with van der Waals surface area (Å²) in [4.78, 5) is 27.3. The molecular weight excluding hydrogens is 396 g/mol. The lowest BCUT2D eigenvalue weighted by Gasteiger charge is -2.21. The van der Waals surface area contributed by atoms with Gasteiger partial charge in [0.1, 0.15) is 5.60 Å². The van der Waals surface area contributed by atoms with E-state index in [0.717, 1.165) is 10.4 Å². The number of amides is 2. The molecule has 0 aliphatic carbocycles. The Morgan fingerprint density at radius 3 is 2.43 bits per heavy atom. The molecule has 0 spiro atoms. The van der Waals surface area contributed by atoms with Gasteiger partial charge in [-0.3, -0.25) is 4.79 Å². The molecule has 28 heavy (non-hydrogen) atoms. The van der Waals surface area contributed by atoms with Crippen LogP contribution in [0.5, 0.6) is 0 Å². The van der Waals surface area contributed by atoms with Crippen LogP contribution in [0.25, 0.3) is 0 Å². The minimum absolute atomic E-state index is 0.0870. The van der Waals surface area contributed by atoms with Crippen LogP contribution in [0.3, 0.4) is 0 Å². The van der Waals surface area contributed by atoms with Gasteiger partial charge in [-0.1, -0.05) is 29.8 Å². The van der Waals surface area contributed by atoms with Crippen LogP contribution in [0, 0.1) is 0 Å². The second-order valence-corrected chi connectivity index (χ2v) is 9.03. The molecule has 0 saturated carbocycles. The summed E-state index contributed by atoms with van der Waals surface area (Å²) >= 11 is 7.43. The molecule has 150 valence electrons. The van der Waals surface area contributed by atoms with Gasteiger partial charge in [0.05, 0.1) is 10.9 Å². The number of ether oxygens (including phenoxy) is 1. The van der Waals surface area contributed by atoms with Crippen molar-refractivity contribution in [3.05, 3.63) is 69.4 Å². The van der Waals surface area contributed by atoms with Crippen LogP contribution in [0.15, 0.2) is 49.1 Å². The first kappa shape index (κ1) is 22.0. The Hall–Kier alpha value is -2.31. The average Bonchev–Trinajstić information content (AvgIpc) is 3.03. The lowest BCUT2D eigenvalue weighted by molar-refractivity contribution is 0.0523. The molecule has 1 aromatic heterocycles. The number of rotatable bonds is 7. The number of thiophene rings is 1. The van der Waals surface area contributed by atoms with Crippen LogP contribution in [0.1, 0.15) is 41.6 Å². The van der Waals surface area contributed by atoms with Crippen molar-refractivity contribution in [2.24, 2.45) is 0 Å². The largest absolute Gasteiger partial charge is 0.444 e. The predicted molar refractivity (Wildman–Crippen MR) is 114 cm³/mol. The number of carbonyl (C=O) groups excluding carboxylic acids is 2. The van der Waals surface area contributed by atoms with Gasteiger partial charge in [-0.25, -0.2) is 4.79 Å². The third-order valence-corrected chi connectivity index (χ3v) is 4.86. The quantitative estimate of drug-likeness (QED) is 0.622. The summed E-state index contributed by atoms with van der Waals surface area (Å²) < 4.78 is 5.91. The van der Waals surface area contributed by atoms with Crippen LogP contribution in [-0.4, -0.2) is 29.0 Å². The fourth-order valence-corrected chi connectivity index (χ4v) is 3.54. The first-order valence-electron chi connectivity index (χ1n) is 8.88. The molecular formula is C21H25ClN2O3S. The smallest absolute Gasteiger partial charge is 0.407 e. The summed E-state index contributed by atoms with van der Waals surface area (Å²) in [5.41, 5.74) is 0.912. The Morgan fingerprint density at radius 1 is 1.21 bits per heavy atom. The minimum Gasteiger partial charge on any atom is -0.444 e. The maximum Gasteiger partial charge on any atom is 0.407 e. The lowest BCUT2D eigenvalue weighted by Crippen LogP contribution is -2.32. The highest BCUT2D eigenvalue weighted by molar-refractivity contribution is 7.16. The Bertz CT molecular complexity index is 825. The zero-order valence-corrected chi connectivity index (χ0v) is 17.9. The van der Waals surface area contributed by atoms with Gasteiger partial charge in [0.15, 0.2) is 0 Å². The van der Waals surface area contributed by atoms with E-state index in [1.807, 2.05) is 45.0 Å². The first-order chi connectivity index (χ1) is 13.2. The van der Waals surface area contributed by atoms with E-state index in [1.165, 1.54) is 11.3 Å². The van der Waals surface area contributed by atoms with Crippen molar-refractivity contribution in [2.45, 2.75) is 39.5 Å². The van der Waals surface area contributed by atoms with E-state index in [0.29, 0.717) is 29.5 Å². The Balaban J connectivity index is 1.98. The minimum atomic E-state index is -0.540. The number of hydrogen-bond acceptors (Lipinski definition) is 4. The molecule has 0 bridgehead atoms. The van der Waals surface area contributed by atoms with E-state index in [9.17, 15) is 9.59 Å². The van der Waals surface area contributed by atoms with Gasteiger partial charge in [0.2, 0.25) is 0 Å². The zero-order chi connectivity index (χ0) is 20.7. The number of alkyl carbamates (subject to hydrolysis) is 1. The summed E-state index contributed by atoms with van der Waals surface area (Å²) in [5, 5.41) is 2.70. The molecule has 0 aliphatic rings. The van der Waals surface area contributed by atoms with Crippen LogP contribution >= 0.6 is 22.9 Å².